The molecule has 5 heteroatoms. The van der Waals surface area contributed by atoms with Gasteiger partial charge in [0.15, 0.2) is 0 Å². The molecule has 29 heavy (non-hydrogen) atoms. The number of carbonyl (C=O) groups is 1. The van der Waals surface area contributed by atoms with E-state index < -0.39 is 0 Å². The van der Waals surface area contributed by atoms with Gasteiger partial charge in [0.25, 0.3) is 5.91 Å². The summed E-state index contributed by atoms with van der Waals surface area (Å²) in [5.74, 6) is -0.0104. The second-order valence-corrected chi connectivity index (χ2v) is 7.42. The highest BCUT2D eigenvalue weighted by molar-refractivity contribution is 5.94. The number of likely N-dealkylation sites (N-methyl/N-ethyl adjacent to an activating group) is 1. The lowest BCUT2D eigenvalue weighted by Crippen LogP contribution is -2.45. The van der Waals surface area contributed by atoms with Crippen molar-refractivity contribution in [2.75, 3.05) is 50.8 Å². The molecule has 1 unspecified atom stereocenters. The molecule has 0 radical (unpaired) electrons. The van der Waals surface area contributed by atoms with Gasteiger partial charge in [0.1, 0.15) is 0 Å². The van der Waals surface area contributed by atoms with Gasteiger partial charge < -0.3 is 15.0 Å². The molecule has 1 aliphatic heterocycles. The van der Waals surface area contributed by atoms with Gasteiger partial charge in [-0.25, -0.2) is 0 Å². The highest BCUT2D eigenvalue weighted by Crippen LogP contribution is 2.17. The summed E-state index contributed by atoms with van der Waals surface area (Å²) >= 11 is 0. The van der Waals surface area contributed by atoms with Gasteiger partial charge >= 0.3 is 0 Å². The number of nitrogens with zero attached hydrogens (tertiary/aromatic N) is 2. The molecule has 2 aromatic rings. The summed E-state index contributed by atoms with van der Waals surface area (Å²) in [5, 5.41) is 3.15. The molecule has 2 aromatic carbocycles. The standard InChI is InChI=1S/C24H33N3O2/c1-3-26(4-2)23(18-20-8-6-5-7-9-20)19-25-24(28)21-10-12-22(13-11-21)27-14-16-29-17-15-27/h5-13,23H,3-4,14-19H2,1-2H3,(H,25,28). The van der Waals surface area contributed by atoms with Crippen LogP contribution in [-0.4, -0.2) is 62.8 Å². The number of carbonyl (C=O) groups excluding carboxylic acids is 1. The van der Waals surface area contributed by atoms with Crippen LogP contribution in [0.5, 0.6) is 0 Å². The maximum Gasteiger partial charge on any atom is 0.251 e. The van der Waals surface area contributed by atoms with E-state index in [0.29, 0.717) is 12.1 Å². The van der Waals surface area contributed by atoms with Crippen molar-refractivity contribution in [1.29, 1.82) is 0 Å². The van der Waals surface area contributed by atoms with Gasteiger partial charge in [0, 0.05) is 36.9 Å². The summed E-state index contributed by atoms with van der Waals surface area (Å²) in [6.07, 6.45) is 0.929. The molecule has 1 aliphatic rings. The van der Waals surface area contributed by atoms with E-state index in [1.807, 2.05) is 30.3 Å². The van der Waals surface area contributed by atoms with Crippen molar-refractivity contribution in [1.82, 2.24) is 10.2 Å². The van der Waals surface area contributed by atoms with Crippen LogP contribution in [0.15, 0.2) is 54.6 Å². The Morgan fingerprint density at radius 2 is 1.69 bits per heavy atom. The lowest BCUT2D eigenvalue weighted by atomic mass is 10.0. The van der Waals surface area contributed by atoms with Crippen LogP contribution in [-0.2, 0) is 11.2 Å². The van der Waals surface area contributed by atoms with Crippen LogP contribution in [0.3, 0.4) is 0 Å². The Morgan fingerprint density at radius 1 is 1.03 bits per heavy atom. The number of hydrogen-bond acceptors (Lipinski definition) is 4. The summed E-state index contributed by atoms with van der Waals surface area (Å²) in [4.78, 5) is 17.4. The fourth-order valence-corrected chi connectivity index (χ4v) is 3.91. The molecule has 1 saturated heterocycles. The minimum atomic E-state index is -0.0104. The molecule has 0 spiro atoms. The number of morpholine rings is 1. The average Bonchev–Trinajstić information content (AvgIpc) is 2.79. The Balaban J connectivity index is 1.60. The number of amides is 1. The highest BCUT2D eigenvalue weighted by Gasteiger charge is 2.18. The van der Waals surface area contributed by atoms with E-state index in [0.717, 1.165) is 51.5 Å². The molecule has 1 amide bonds. The molecule has 1 N–H and O–H groups in total. The predicted octanol–water partition coefficient (Wildman–Crippen LogP) is 3.21. The average molecular weight is 396 g/mol. The molecule has 1 fully saturated rings. The Bertz CT molecular complexity index is 738. The van der Waals surface area contributed by atoms with Gasteiger partial charge in [-0.05, 0) is 49.3 Å². The number of rotatable bonds is 9. The lowest BCUT2D eigenvalue weighted by Gasteiger charge is -2.30. The first-order valence-corrected chi connectivity index (χ1v) is 10.7. The van der Waals surface area contributed by atoms with E-state index in [1.165, 1.54) is 5.56 Å². The van der Waals surface area contributed by atoms with Crippen LogP contribution in [0.2, 0.25) is 0 Å². The topological polar surface area (TPSA) is 44.8 Å². The van der Waals surface area contributed by atoms with Crippen molar-refractivity contribution in [2.24, 2.45) is 0 Å². The maximum atomic E-state index is 12.7. The van der Waals surface area contributed by atoms with E-state index in [2.05, 4.69) is 53.2 Å². The zero-order valence-corrected chi connectivity index (χ0v) is 17.6. The van der Waals surface area contributed by atoms with Crippen molar-refractivity contribution < 1.29 is 9.53 Å². The Hall–Kier alpha value is -2.37. The molecule has 1 heterocycles. The number of benzene rings is 2. The highest BCUT2D eigenvalue weighted by atomic mass is 16.5. The molecule has 0 bridgehead atoms. The molecular weight excluding hydrogens is 362 g/mol. The number of nitrogens with one attached hydrogen (secondary N) is 1. The second-order valence-electron chi connectivity index (χ2n) is 7.42. The van der Waals surface area contributed by atoms with E-state index in [9.17, 15) is 4.79 Å². The van der Waals surface area contributed by atoms with Crippen molar-refractivity contribution in [3.63, 3.8) is 0 Å². The summed E-state index contributed by atoms with van der Waals surface area (Å²) in [6, 6.07) is 18.7. The normalized spacial score (nSPS) is 15.3. The first kappa shape index (κ1) is 21.3. The lowest BCUT2D eigenvalue weighted by molar-refractivity contribution is 0.0934. The van der Waals surface area contributed by atoms with Gasteiger partial charge in [0.05, 0.1) is 13.2 Å². The Labute approximate surface area is 174 Å². The van der Waals surface area contributed by atoms with Crippen molar-refractivity contribution in [3.05, 3.63) is 65.7 Å². The largest absolute Gasteiger partial charge is 0.378 e. The summed E-state index contributed by atoms with van der Waals surface area (Å²) < 4.78 is 5.41. The molecule has 156 valence electrons. The van der Waals surface area contributed by atoms with E-state index in [4.69, 9.17) is 4.74 Å². The summed E-state index contributed by atoms with van der Waals surface area (Å²) in [5.41, 5.74) is 3.16. The SMILES string of the molecule is CCN(CC)C(CNC(=O)c1ccc(N2CCOCC2)cc1)Cc1ccccc1. The van der Waals surface area contributed by atoms with Crippen LogP contribution in [0.1, 0.15) is 29.8 Å². The minimum Gasteiger partial charge on any atom is -0.378 e. The van der Waals surface area contributed by atoms with Crippen molar-refractivity contribution in [3.8, 4) is 0 Å². The van der Waals surface area contributed by atoms with Gasteiger partial charge in [-0.1, -0.05) is 44.2 Å². The molecule has 5 nitrogen and oxygen atoms in total. The van der Waals surface area contributed by atoms with Gasteiger partial charge in [-0.15, -0.1) is 0 Å². The van der Waals surface area contributed by atoms with Crippen LogP contribution in [0.4, 0.5) is 5.69 Å². The third-order valence-electron chi connectivity index (χ3n) is 5.65. The smallest absolute Gasteiger partial charge is 0.251 e. The monoisotopic (exact) mass is 395 g/mol. The Kier molecular flexibility index (Phi) is 8.08. The van der Waals surface area contributed by atoms with Gasteiger partial charge in [-0.3, -0.25) is 9.69 Å². The van der Waals surface area contributed by atoms with Crippen LogP contribution >= 0.6 is 0 Å². The molecule has 0 saturated carbocycles. The quantitative estimate of drug-likeness (QED) is 0.708. The van der Waals surface area contributed by atoms with E-state index in [-0.39, 0.29) is 11.9 Å². The van der Waals surface area contributed by atoms with Crippen molar-refractivity contribution in [2.45, 2.75) is 26.3 Å². The zero-order valence-electron chi connectivity index (χ0n) is 17.6. The molecular formula is C24H33N3O2. The van der Waals surface area contributed by atoms with Crippen LogP contribution < -0.4 is 10.2 Å². The van der Waals surface area contributed by atoms with Gasteiger partial charge in [0.2, 0.25) is 0 Å². The summed E-state index contributed by atoms with van der Waals surface area (Å²) in [7, 11) is 0. The molecule has 0 aromatic heterocycles. The molecule has 0 aliphatic carbocycles. The number of anilines is 1. The number of hydrogen-bond donors (Lipinski definition) is 1. The zero-order chi connectivity index (χ0) is 20.5. The van der Waals surface area contributed by atoms with Crippen molar-refractivity contribution >= 4 is 11.6 Å². The minimum absolute atomic E-state index is 0.0104. The molecule has 1 atom stereocenters. The maximum absolute atomic E-state index is 12.7. The van der Waals surface area contributed by atoms with E-state index in [1.54, 1.807) is 0 Å². The fourth-order valence-electron chi connectivity index (χ4n) is 3.91. The third kappa shape index (κ3) is 6.05. The first-order chi connectivity index (χ1) is 14.2. The van der Waals surface area contributed by atoms with Gasteiger partial charge in [-0.2, -0.15) is 0 Å². The van der Waals surface area contributed by atoms with Crippen LogP contribution in [0, 0.1) is 0 Å². The van der Waals surface area contributed by atoms with E-state index >= 15 is 0 Å². The Morgan fingerprint density at radius 3 is 2.31 bits per heavy atom. The summed E-state index contributed by atoms with van der Waals surface area (Å²) in [6.45, 7) is 10.2. The first-order valence-electron chi connectivity index (χ1n) is 10.7. The predicted molar refractivity (Wildman–Crippen MR) is 119 cm³/mol. The molecule has 3 rings (SSSR count). The van der Waals surface area contributed by atoms with Crippen LogP contribution in [0.25, 0.3) is 0 Å². The number of ether oxygens (including phenoxy) is 1. The fraction of sp³-hybridized carbons (Fsp3) is 0.458. The third-order valence-corrected chi connectivity index (χ3v) is 5.65. The second kappa shape index (κ2) is 11.0.